The summed E-state index contributed by atoms with van der Waals surface area (Å²) >= 11 is 0. The Morgan fingerprint density at radius 2 is 2.30 bits per heavy atom. The summed E-state index contributed by atoms with van der Waals surface area (Å²) in [6, 6.07) is 4.10. The molecule has 2 fully saturated rings. The number of likely N-dealkylation sites (tertiary alicyclic amines) is 1. The summed E-state index contributed by atoms with van der Waals surface area (Å²) in [7, 11) is 0. The highest BCUT2D eigenvalue weighted by atomic mass is 16.5. The average Bonchev–Trinajstić information content (AvgIpc) is 2.62. The van der Waals surface area contributed by atoms with Crippen molar-refractivity contribution in [1.82, 2.24) is 15.2 Å². The van der Waals surface area contributed by atoms with Crippen LogP contribution in [-0.2, 0) is 20.9 Å². The van der Waals surface area contributed by atoms with E-state index >= 15 is 0 Å². The lowest BCUT2D eigenvalue weighted by Crippen LogP contribution is -2.47. The number of aromatic nitrogens is 1. The second-order valence-electron chi connectivity index (χ2n) is 6.18. The van der Waals surface area contributed by atoms with E-state index in [1.807, 2.05) is 23.2 Å². The molecule has 1 atom stereocenters. The molecule has 0 unspecified atom stereocenters. The van der Waals surface area contributed by atoms with E-state index in [0.717, 1.165) is 44.6 Å². The predicted molar refractivity (Wildman–Crippen MR) is 85.9 cm³/mol. The molecule has 2 aliphatic heterocycles. The van der Waals surface area contributed by atoms with E-state index in [0.29, 0.717) is 19.6 Å². The molecule has 0 spiro atoms. The highest BCUT2D eigenvalue weighted by Crippen LogP contribution is 2.17. The Balaban J connectivity index is 1.37. The Morgan fingerprint density at radius 3 is 3.00 bits per heavy atom. The van der Waals surface area contributed by atoms with Crippen LogP contribution in [0.2, 0.25) is 0 Å². The summed E-state index contributed by atoms with van der Waals surface area (Å²) in [5, 5.41) is 3.33. The van der Waals surface area contributed by atoms with Crippen molar-refractivity contribution >= 4 is 5.91 Å². The van der Waals surface area contributed by atoms with Gasteiger partial charge in [0.05, 0.1) is 25.9 Å². The monoisotopic (exact) mass is 319 g/mol. The average molecular weight is 319 g/mol. The highest BCUT2D eigenvalue weighted by molar-refractivity contribution is 5.77. The molecule has 1 aromatic heterocycles. The van der Waals surface area contributed by atoms with Gasteiger partial charge in [-0.3, -0.25) is 9.78 Å². The minimum absolute atomic E-state index is 0.163. The van der Waals surface area contributed by atoms with Gasteiger partial charge in [0, 0.05) is 44.5 Å². The van der Waals surface area contributed by atoms with Crippen LogP contribution in [0.1, 0.15) is 24.8 Å². The lowest BCUT2D eigenvalue weighted by Gasteiger charge is -2.33. The Morgan fingerprint density at radius 1 is 1.43 bits per heavy atom. The van der Waals surface area contributed by atoms with Gasteiger partial charge in [-0.2, -0.15) is 0 Å². The SMILES string of the molecule is O=C(C[C@@H]1COCCN1)N1CCC(OCc2cccnc2)CC1. The van der Waals surface area contributed by atoms with Crippen molar-refractivity contribution < 1.29 is 14.3 Å². The van der Waals surface area contributed by atoms with Crippen LogP contribution in [0.3, 0.4) is 0 Å². The van der Waals surface area contributed by atoms with E-state index in [4.69, 9.17) is 9.47 Å². The van der Waals surface area contributed by atoms with E-state index < -0.39 is 0 Å². The van der Waals surface area contributed by atoms with Gasteiger partial charge >= 0.3 is 0 Å². The summed E-state index contributed by atoms with van der Waals surface area (Å²) in [6.07, 6.45) is 6.16. The molecule has 0 bridgehead atoms. The first-order chi connectivity index (χ1) is 11.3. The standard InChI is InChI=1S/C17H25N3O3/c21-17(10-15-13-22-9-6-19-15)20-7-3-16(4-8-20)23-12-14-2-1-5-18-11-14/h1-2,5,11,15-16,19H,3-4,6-10,12-13H2/t15-/m1/s1. The van der Waals surface area contributed by atoms with Crippen molar-refractivity contribution in [2.75, 3.05) is 32.8 Å². The van der Waals surface area contributed by atoms with Crippen LogP contribution in [0.15, 0.2) is 24.5 Å². The zero-order chi connectivity index (χ0) is 15.9. The third-order valence-electron chi connectivity index (χ3n) is 4.42. The number of nitrogens with zero attached hydrogens (tertiary/aromatic N) is 2. The summed E-state index contributed by atoms with van der Waals surface area (Å²) in [4.78, 5) is 18.4. The molecule has 1 amide bonds. The van der Waals surface area contributed by atoms with Crippen LogP contribution in [0.5, 0.6) is 0 Å². The highest BCUT2D eigenvalue weighted by Gasteiger charge is 2.25. The molecule has 6 nitrogen and oxygen atoms in total. The van der Waals surface area contributed by atoms with Crippen molar-refractivity contribution in [2.45, 2.75) is 38.0 Å². The van der Waals surface area contributed by atoms with Crippen LogP contribution in [0.4, 0.5) is 0 Å². The topological polar surface area (TPSA) is 63.7 Å². The molecule has 0 aliphatic carbocycles. The van der Waals surface area contributed by atoms with Gasteiger partial charge < -0.3 is 19.7 Å². The third kappa shape index (κ3) is 4.99. The van der Waals surface area contributed by atoms with Crippen LogP contribution in [0.25, 0.3) is 0 Å². The molecule has 1 N–H and O–H groups in total. The maximum absolute atomic E-state index is 12.3. The molecule has 0 aromatic carbocycles. The summed E-state index contributed by atoms with van der Waals surface area (Å²) in [6.45, 7) is 4.37. The molecule has 0 saturated carbocycles. The third-order valence-corrected chi connectivity index (χ3v) is 4.42. The van der Waals surface area contributed by atoms with Gasteiger partial charge in [0.25, 0.3) is 0 Å². The lowest BCUT2D eigenvalue weighted by molar-refractivity contribution is -0.135. The van der Waals surface area contributed by atoms with Gasteiger partial charge in [-0.15, -0.1) is 0 Å². The summed E-state index contributed by atoms with van der Waals surface area (Å²) < 4.78 is 11.3. The van der Waals surface area contributed by atoms with Crippen molar-refractivity contribution in [3.05, 3.63) is 30.1 Å². The number of nitrogens with one attached hydrogen (secondary N) is 1. The van der Waals surface area contributed by atoms with Crippen LogP contribution in [0, 0.1) is 0 Å². The van der Waals surface area contributed by atoms with Gasteiger partial charge in [-0.25, -0.2) is 0 Å². The van der Waals surface area contributed by atoms with E-state index in [2.05, 4.69) is 10.3 Å². The zero-order valence-electron chi connectivity index (χ0n) is 13.4. The number of rotatable bonds is 5. The first kappa shape index (κ1) is 16.4. The Bertz CT molecular complexity index is 483. The second kappa shape index (κ2) is 8.38. The molecule has 1 aromatic rings. The molecule has 2 aliphatic rings. The maximum atomic E-state index is 12.3. The molecule has 3 heterocycles. The number of morpholine rings is 1. The van der Waals surface area contributed by atoms with Gasteiger partial charge in [-0.1, -0.05) is 6.07 Å². The van der Waals surface area contributed by atoms with E-state index in [1.54, 1.807) is 6.20 Å². The first-order valence-electron chi connectivity index (χ1n) is 8.40. The number of pyridine rings is 1. The maximum Gasteiger partial charge on any atom is 0.224 e. The van der Waals surface area contributed by atoms with Crippen LogP contribution >= 0.6 is 0 Å². The Labute approximate surface area is 137 Å². The van der Waals surface area contributed by atoms with Crippen molar-refractivity contribution in [3.8, 4) is 0 Å². The minimum Gasteiger partial charge on any atom is -0.378 e. The van der Waals surface area contributed by atoms with E-state index in [-0.39, 0.29) is 18.1 Å². The molecule has 126 valence electrons. The predicted octanol–water partition coefficient (Wildman–Crippen LogP) is 0.968. The fourth-order valence-corrected chi connectivity index (χ4v) is 3.06. The minimum atomic E-state index is 0.163. The van der Waals surface area contributed by atoms with Gasteiger partial charge in [-0.05, 0) is 24.5 Å². The molecule has 0 radical (unpaired) electrons. The normalized spacial score (nSPS) is 23.0. The Hall–Kier alpha value is -1.50. The zero-order valence-corrected chi connectivity index (χ0v) is 13.4. The van der Waals surface area contributed by atoms with Gasteiger partial charge in [0.15, 0.2) is 0 Å². The molecular formula is C17H25N3O3. The number of hydrogen-bond donors (Lipinski definition) is 1. The van der Waals surface area contributed by atoms with Crippen molar-refractivity contribution in [2.24, 2.45) is 0 Å². The number of carbonyl (C=O) groups is 1. The quantitative estimate of drug-likeness (QED) is 0.876. The van der Waals surface area contributed by atoms with Crippen LogP contribution < -0.4 is 5.32 Å². The fraction of sp³-hybridized carbons (Fsp3) is 0.647. The fourth-order valence-electron chi connectivity index (χ4n) is 3.06. The van der Waals surface area contributed by atoms with Gasteiger partial charge in [0.1, 0.15) is 0 Å². The Kier molecular flexibility index (Phi) is 5.96. The molecule has 6 heteroatoms. The molecule has 23 heavy (non-hydrogen) atoms. The molecule has 3 rings (SSSR count). The van der Waals surface area contributed by atoms with Crippen LogP contribution in [-0.4, -0.2) is 60.8 Å². The lowest BCUT2D eigenvalue weighted by atomic mass is 10.1. The van der Waals surface area contributed by atoms with Gasteiger partial charge in [0.2, 0.25) is 5.91 Å². The van der Waals surface area contributed by atoms with Crippen molar-refractivity contribution in [1.29, 1.82) is 0 Å². The number of amides is 1. The number of ether oxygens (including phenoxy) is 2. The number of carbonyl (C=O) groups excluding carboxylic acids is 1. The molecule has 2 saturated heterocycles. The summed E-state index contributed by atoms with van der Waals surface area (Å²) in [5.74, 6) is 0.221. The van der Waals surface area contributed by atoms with E-state index in [9.17, 15) is 4.79 Å². The number of hydrogen-bond acceptors (Lipinski definition) is 5. The smallest absolute Gasteiger partial charge is 0.224 e. The first-order valence-corrected chi connectivity index (χ1v) is 8.40. The second-order valence-corrected chi connectivity index (χ2v) is 6.18. The van der Waals surface area contributed by atoms with E-state index in [1.165, 1.54) is 0 Å². The van der Waals surface area contributed by atoms with Crippen molar-refractivity contribution in [3.63, 3.8) is 0 Å². The largest absolute Gasteiger partial charge is 0.378 e. The number of piperidine rings is 1. The summed E-state index contributed by atoms with van der Waals surface area (Å²) in [5.41, 5.74) is 1.09. The molecular weight excluding hydrogens is 294 g/mol.